The first-order valence-corrected chi connectivity index (χ1v) is 22.4. The van der Waals surface area contributed by atoms with E-state index in [0.717, 1.165) is 132 Å². The van der Waals surface area contributed by atoms with Gasteiger partial charge in [-0.1, -0.05) is 152 Å². The van der Waals surface area contributed by atoms with E-state index in [1.165, 1.54) is 0 Å². The molecule has 0 bridgehead atoms. The quantitative estimate of drug-likeness (QED) is 0.177. The highest BCUT2D eigenvalue weighted by atomic mass is 16.3. The van der Waals surface area contributed by atoms with Gasteiger partial charge in [-0.25, -0.2) is 0 Å². The summed E-state index contributed by atoms with van der Waals surface area (Å²) in [5.74, 6) is 0. The summed E-state index contributed by atoms with van der Waals surface area (Å²) in [6.45, 7) is 0. The molecule has 0 fully saturated rings. The molecule has 0 aliphatic heterocycles. The fraction of sp³-hybridized carbons (Fsp3) is 0. The van der Waals surface area contributed by atoms with Crippen molar-refractivity contribution >= 4 is 98.1 Å². The van der Waals surface area contributed by atoms with E-state index in [0.29, 0.717) is 0 Å². The topological polar surface area (TPSA) is 49.0 Å². The van der Waals surface area contributed by atoms with Gasteiger partial charge >= 0.3 is 0 Å². The van der Waals surface area contributed by atoms with Crippen molar-refractivity contribution in [3.8, 4) is 33.6 Å². The number of furan rings is 2. The van der Waals surface area contributed by atoms with Gasteiger partial charge < -0.3 is 18.0 Å². The van der Waals surface area contributed by atoms with Crippen LogP contribution in [-0.2, 0) is 0 Å². The number of para-hydroxylation sites is 6. The number of nitrogens with zero attached hydrogens (tertiary/aromatic N) is 3. The maximum Gasteiger partial charge on any atom is 0.143 e. The average molecular weight is 844 g/mol. The van der Waals surface area contributed by atoms with Gasteiger partial charge in [-0.05, 0) is 92.7 Å². The second-order valence-electron chi connectivity index (χ2n) is 17.0. The fourth-order valence-electron chi connectivity index (χ4n) is 10.6. The van der Waals surface area contributed by atoms with Crippen molar-refractivity contribution in [1.82, 2.24) is 14.1 Å². The van der Waals surface area contributed by atoms with Gasteiger partial charge in [-0.3, -0.25) is 4.98 Å². The maximum absolute atomic E-state index is 6.85. The molecule has 0 spiro atoms. The molecule has 0 amide bonds. The SMILES string of the molecule is c1ccc(-n2ccn(-c3ccccc3)c3cc4c(cc32)c2cccc(-c3cccc5c3oc3ccccc35)c2c2c(-c3cccc5c3oc3ccccc35)cccc2c2cccnc42)cc1. The Morgan fingerprint density at radius 2 is 0.742 bits per heavy atom. The molecule has 0 atom stereocenters. The fourth-order valence-corrected chi connectivity index (χ4v) is 10.6. The number of rotatable bonds is 4. The molecule has 0 saturated heterocycles. The van der Waals surface area contributed by atoms with Gasteiger partial charge in [0.15, 0.2) is 0 Å². The predicted octanol–water partition coefficient (Wildman–Crippen LogP) is 16.7. The van der Waals surface area contributed by atoms with Crippen LogP contribution >= 0.6 is 0 Å². The van der Waals surface area contributed by atoms with Gasteiger partial charge in [-0.2, -0.15) is 0 Å². The Kier molecular flexibility index (Phi) is 7.91. The van der Waals surface area contributed by atoms with E-state index in [1.54, 1.807) is 0 Å². The lowest BCUT2D eigenvalue weighted by molar-refractivity contribution is 0.669. The van der Waals surface area contributed by atoms with Crippen molar-refractivity contribution in [3.05, 3.63) is 225 Å². The van der Waals surface area contributed by atoms with Crippen LogP contribution < -0.4 is 0 Å². The lowest BCUT2D eigenvalue weighted by Gasteiger charge is -2.20. The average Bonchev–Trinajstić information content (AvgIpc) is 3.97. The molecular weight excluding hydrogens is 807 g/mol. The molecule has 14 aromatic rings. The Balaban J connectivity index is 1.24. The molecule has 0 N–H and O–H groups in total. The van der Waals surface area contributed by atoms with Crippen molar-refractivity contribution in [2.75, 3.05) is 0 Å². The zero-order chi connectivity index (χ0) is 43.3. The summed E-state index contributed by atoms with van der Waals surface area (Å²) in [6.07, 6.45) is 6.26. The van der Waals surface area contributed by atoms with Crippen molar-refractivity contribution in [2.24, 2.45) is 0 Å². The molecule has 4 aromatic heterocycles. The van der Waals surface area contributed by atoms with Crippen molar-refractivity contribution in [3.63, 3.8) is 0 Å². The highest BCUT2D eigenvalue weighted by Gasteiger charge is 2.22. The third-order valence-electron chi connectivity index (χ3n) is 13.5. The number of pyridine rings is 1. The highest BCUT2D eigenvalue weighted by Crippen LogP contribution is 2.47. The van der Waals surface area contributed by atoms with Crippen LogP contribution in [-0.4, -0.2) is 14.1 Å². The Labute approximate surface area is 377 Å². The molecular formula is C61H37N3O2. The highest BCUT2D eigenvalue weighted by molar-refractivity contribution is 6.32. The lowest BCUT2D eigenvalue weighted by atomic mass is 9.87. The minimum Gasteiger partial charge on any atom is -0.455 e. The minimum absolute atomic E-state index is 0.860. The van der Waals surface area contributed by atoms with Gasteiger partial charge in [0, 0.05) is 73.4 Å². The molecule has 5 heteroatoms. The van der Waals surface area contributed by atoms with Gasteiger partial charge in [-0.15, -0.1) is 0 Å². The van der Waals surface area contributed by atoms with Crippen molar-refractivity contribution < 1.29 is 8.83 Å². The Bertz CT molecular complexity index is 4340. The first-order chi connectivity index (χ1) is 32.8. The molecule has 0 aliphatic carbocycles. The van der Waals surface area contributed by atoms with Crippen LogP contribution in [0.1, 0.15) is 0 Å². The molecule has 4 heterocycles. The third-order valence-corrected chi connectivity index (χ3v) is 13.5. The second kappa shape index (κ2) is 14.3. The largest absolute Gasteiger partial charge is 0.455 e. The van der Waals surface area contributed by atoms with Crippen molar-refractivity contribution in [1.29, 1.82) is 0 Å². The summed E-state index contributed by atoms with van der Waals surface area (Å²) >= 11 is 0. The molecule has 0 unspecified atom stereocenters. The van der Waals surface area contributed by atoms with E-state index in [1.807, 2.05) is 18.3 Å². The Hall–Kier alpha value is -8.93. The van der Waals surface area contributed by atoms with E-state index in [2.05, 4.69) is 216 Å². The van der Waals surface area contributed by atoms with Gasteiger partial charge in [0.25, 0.3) is 0 Å². The molecule has 10 aromatic carbocycles. The zero-order valence-electron chi connectivity index (χ0n) is 35.5. The summed E-state index contributed by atoms with van der Waals surface area (Å²) in [4.78, 5) is 5.30. The van der Waals surface area contributed by atoms with Crippen LogP contribution in [0.3, 0.4) is 0 Å². The van der Waals surface area contributed by atoms with Crippen LogP contribution in [0.25, 0.3) is 132 Å². The Morgan fingerprint density at radius 3 is 1.29 bits per heavy atom. The van der Waals surface area contributed by atoms with E-state index in [4.69, 9.17) is 13.8 Å². The molecule has 308 valence electrons. The molecule has 66 heavy (non-hydrogen) atoms. The van der Waals surface area contributed by atoms with E-state index in [-0.39, 0.29) is 0 Å². The molecule has 0 aliphatic rings. The number of hydrogen-bond acceptors (Lipinski definition) is 3. The second-order valence-corrected chi connectivity index (χ2v) is 17.0. The van der Waals surface area contributed by atoms with E-state index < -0.39 is 0 Å². The Morgan fingerprint density at radius 1 is 0.318 bits per heavy atom. The van der Waals surface area contributed by atoms with Crippen LogP contribution in [0.2, 0.25) is 0 Å². The molecule has 5 nitrogen and oxygen atoms in total. The van der Waals surface area contributed by atoms with Gasteiger partial charge in [0.2, 0.25) is 0 Å². The summed E-state index contributed by atoms with van der Waals surface area (Å²) in [5.41, 5.74) is 12.8. The minimum atomic E-state index is 0.860. The first-order valence-electron chi connectivity index (χ1n) is 22.4. The van der Waals surface area contributed by atoms with Crippen molar-refractivity contribution in [2.45, 2.75) is 0 Å². The summed E-state index contributed by atoms with van der Waals surface area (Å²) in [6, 6.07) is 73.4. The summed E-state index contributed by atoms with van der Waals surface area (Å²) < 4.78 is 18.3. The number of aromatic nitrogens is 3. The van der Waals surface area contributed by atoms with E-state index in [9.17, 15) is 0 Å². The van der Waals surface area contributed by atoms with E-state index >= 15 is 0 Å². The van der Waals surface area contributed by atoms with Gasteiger partial charge in [0.05, 0.1) is 16.6 Å². The van der Waals surface area contributed by atoms with Crippen LogP contribution in [0.4, 0.5) is 0 Å². The zero-order valence-corrected chi connectivity index (χ0v) is 35.5. The standard InChI is InChI=1S/C61H37N3O2/c1-3-16-38(17-4-1)63-34-35-64(39-18-5-2-6-19-39)54-37-52-51(36-53(54)63)45-25-12-24-44(50-29-14-27-48-41-21-8-10-32-56(41)66-61(48)50)58(45)57-42(46-30-15-33-62-59(46)52)22-11-23-43(57)49-28-13-26-47-40-20-7-9-31-55(40)65-60(47)49/h1-37H. The predicted molar refractivity (Wildman–Crippen MR) is 273 cm³/mol. The summed E-state index contributed by atoms with van der Waals surface area (Å²) in [7, 11) is 0. The monoisotopic (exact) mass is 843 g/mol. The maximum atomic E-state index is 6.85. The normalized spacial score (nSPS) is 11.9. The van der Waals surface area contributed by atoms with Crippen LogP contribution in [0.15, 0.2) is 234 Å². The lowest BCUT2D eigenvalue weighted by Crippen LogP contribution is -2.05. The third kappa shape index (κ3) is 5.38. The number of fused-ring (bicyclic) bond motifs is 15. The van der Waals surface area contributed by atoms with Gasteiger partial charge in [0.1, 0.15) is 22.3 Å². The smallest absolute Gasteiger partial charge is 0.143 e. The number of hydrogen-bond donors (Lipinski definition) is 0. The van der Waals surface area contributed by atoms with Crippen LogP contribution in [0, 0.1) is 0 Å². The molecule has 0 radical (unpaired) electrons. The first kappa shape index (κ1) is 36.5. The molecule has 0 saturated carbocycles. The number of benzene rings is 9. The summed E-state index contributed by atoms with van der Waals surface area (Å²) in [5, 5.41) is 11.9. The van der Waals surface area contributed by atoms with Crippen LogP contribution in [0.5, 0.6) is 0 Å². The molecule has 14 rings (SSSR count).